The summed E-state index contributed by atoms with van der Waals surface area (Å²) in [6, 6.07) is 19.2. The molecule has 51 heavy (non-hydrogen) atoms. The first kappa shape index (κ1) is 37.9. The molecule has 0 unspecified atom stereocenters. The molecule has 0 spiro atoms. The fourth-order valence-corrected chi connectivity index (χ4v) is 7.55. The van der Waals surface area contributed by atoms with Gasteiger partial charge < -0.3 is 15.2 Å². The number of hydrogen-bond donors (Lipinski definition) is 2. The number of nitrogens with zero attached hydrogens (tertiary/aromatic N) is 2. The summed E-state index contributed by atoms with van der Waals surface area (Å²) in [7, 11) is 0. The van der Waals surface area contributed by atoms with Crippen LogP contribution in [0.25, 0.3) is 22.5 Å². The molecule has 0 saturated heterocycles. The Kier molecular flexibility index (Phi) is 13.2. The first-order chi connectivity index (χ1) is 24.5. The number of carbonyl (C=O) groups is 3. The van der Waals surface area contributed by atoms with Crippen molar-refractivity contribution in [1.82, 2.24) is 15.3 Å². The molecule has 1 fully saturated rings. The Morgan fingerprint density at radius 1 is 0.882 bits per heavy atom. The first-order valence-electron chi connectivity index (χ1n) is 18.3. The lowest BCUT2D eigenvalue weighted by atomic mass is 9.91. The van der Waals surface area contributed by atoms with Crippen molar-refractivity contribution in [2.45, 2.75) is 103 Å². The van der Waals surface area contributed by atoms with Crippen LogP contribution in [0.4, 0.5) is 0 Å². The number of unbranched alkanes of at least 4 members (excludes halogenated alkanes) is 4. The summed E-state index contributed by atoms with van der Waals surface area (Å²) >= 11 is 1.47. The maximum absolute atomic E-state index is 13.7. The van der Waals surface area contributed by atoms with Gasteiger partial charge in [0.15, 0.2) is 11.6 Å². The monoisotopic (exact) mass is 709 g/mol. The Labute approximate surface area is 306 Å². The first-order valence-corrected chi connectivity index (χ1v) is 19.1. The third-order valence-corrected chi connectivity index (χ3v) is 11.2. The number of benzene rings is 2. The highest BCUT2D eigenvalue weighted by atomic mass is 32.1. The number of rotatable bonds is 17. The van der Waals surface area contributed by atoms with Crippen molar-refractivity contribution < 1.29 is 24.2 Å². The van der Waals surface area contributed by atoms with Gasteiger partial charge in [-0.25, -0.2) is 9.97 Å². The van der Waals surface area contributed by atoms with Gasteiger partial charge in [0.25, 0.3) is 0 Å². The zero-order chi connectivity index (χ0) is 36.4. The number of amides is 1. The number of aliphatic carboxylic acids is 1. The molecule has 1 amide bonds. The van der Waals surface area contributed by atoms with Crippen molar-refractivity contribution in [3.63, 3.8) is 0 Å². The van der Waals surface area contributed by atoms with Gasteiger partial charge in [-0.15, -0.1) is 11.3 Å². The molecular formula is C42H51N3O5S. The van der Waals surface area contributed by atoms with E-state index in [1.54, 1.807) is 0 Å². The zero-order valence-electron chi connectivity index (χ0n) is 30.3. The molecule has 5 rings (SSSR count). The fourth-order valence-electron chi connectivity index (χ4n) is 6.54. The molecule has 1 aliphatic carbocycles. The molecule has 0 radical (unpaired) electrons. The van der Waals surface area contributed by atoms with Gasteiger partial charge in [-0.05, 0) is 66.5 Å². The maximum atomic E-state index is 13.7. The van der Waals surface area contributed by atoms with Crippen LogP contribution in [-0.2, 0) is 21.4 Å². The molecule has 0 bridgehead atoms. The van der Waals surface area contributed by atoms with E-state index in [1.807, 2.05) is 73.1 Å². The molecule has 270 valence electrons. The summed E-state index contributed by atoms with van der Waals surface area (Å²) in [6.07, 6.45) is 12.0. The lowest BCUT2D eigenvalue weighted by molar-refractivity contribution is -0.142. The second kappa shape index (κ2) is 17.7. The highest BCUT2D eigenvalue weighted by molar-refractivity contribution is 7.14. The SMILES string of the molecule is CCCCCCCOc1ccc(-c2cnc(-c3ccc(C[C@H](CC(=O)c4ccc(C(C)(C)C)s4)C(=O)N[C@H]4CCC[C@H]4C(=O)O)cc3)nc2)cc1. The largest absolute Gasteiger partial charge is 0.494 e. The third-order valence-electron chi connectivity index (χ3n) is 9.63. The quantitative estimate of drug-likeness (QED) is 0.0829. The van der Waals surface area contributed by atoms with Gasteiger partial charge in [0.2, 0.25) is 5.91 Å². The van der Waals surface area contributed by atoms with E-state index >= 15 is 0 Å². The minimum atomic E-state index is -0.893. The predicted octanol–water partition coefficient (Wildman–Crippen LogP) is 9.32. The Bertz CT molecular complexity index is 1740. The number of carboxylic acids is 1. The number of nitrogens with one attached hydrogen (secondary N) is 1. The summed E-state index contributed by atoms with van der Waals surface area (Å²) in [5.74, 6) is -1.05. The molecule has 2 aromatic heterocycles. The number of ketones is 1. The fraction of sp³-hybridized carbons (Fsp3) is 0.452. The Morgan fingerprint density at radius 3 is 2.22 bits per heavy atom. The summed E-state index contributed by atoms with van der Waals surface area (Å²) < 4.78 is 5.90. The van der Waals surface area contributed by atoms with Crippen molar-refractivity contribution in [3.8, 4) is 28.3 Å². The van der Waals surface area contributed by atoms with Crippen LogP contribution in [0.3, 0.4) is 0 Å². The van der Waals surface area contributed by atoms with Crippen LogP contribution in [-0.4, -0.2) is 45.4 Å². The predicted molar refractivity (Wildman–Crippen MR) is 203 cm³/mol. The van der Waals surface area contributed by atoms with E-state index in [1.165, 1.54) is 37.0 Å². The van der Waals surface area contributed by atoms with Gasteiger partial charge in [-0.3, -0.25) is 14.4 Å². The van der Waals surface area contributed by atoms with Gasteiger partial charge in [0, 0.05) is 46.8 Å². The van der Waals surface area contributed by atoms with Crippen LogP contribution in [0.5, 0.6) is 5.75 Å². The van der Waals surface area contributed by atoms with Crippen LogP contribution in [0, 0.1) is 11.8 Å². The summed E-state index contributed by atoms with van der Waals surface area (Å²) in [6.45, 7) is 9.28. The van der Waals surface area contributed by atoms with E-state index in [-0.39, 0.29) is 23.5 Å². The van der Waals surface area contributed by atoms with Gasteiger partial charge >= 0.3 is 5.97 Å². The van der Waals surface area contributed by atoms with E-state index < -0.39 is 23.8 Å². The van der Waals surface area contributed by atoms with Crippen LogP contribution in [0.1, 0.15) is 106 Å². The number of carboxylic acid groups (broad SMARTS) is 1. The van der Waals surface area contributed by atoms with Crippen LogP contribution in [0.15, 0.2) is 73.1 Å². The van der Waals surface area contributed by atoms with Crippen LogP contribution in [0.2, 0.25) is 0 Å². The number of ether oxygens (including phenoxy) is 1. The number of hydrogen-bond acceptors (Lipinski definition) is 7. The lowest BCUT2D eigenvalue weighted by Gasteiger charge is -2.22. The maximum Gasteiger partial charge on any atom is 0.308 e. The highest BCUT2D eigenvalue weighted by Gasteiger charge is 2.36. The van der Waals surface area contributed by atoms with E-state index in [2.05, 4.69) is 43.0 Å². The van der Waals surface area contributed by atoms with Crippen LogP contribution >= 0.6 is 11.3 Å². The Hall–Kier alpha value is -4.37. The second-order valence-electron chi connectivity index (χ2n) is 14.7. The van der Waals surface area contributed by atoms with Crippen molar-refractivity contribution in [2.24, 2.45) is 11.8 Å². The van der Waals surface area contributed by atoms with Gasteiger partial charge in [0.1, 0.15) is 5.75 Å². The molecule has 2 aromatic carbocycles. The smallest absolute Gasteiger partial charge is 0.308 e. The topological polar surface area (TPSA) is 118 Å². The molecule has 4 aromatic rings. The molecule has 0 aliphatic heterocycles. The minimum Gasteiger partial charge on any atom is -0.494 e. The molecule has 2 N–H and O–H groups in total. The zero-order valence-corrected chi connectivity index (χ0v) is 31.1. The number of aromatic nitrogens is 2. The number of thiophene rings is 1. The second-order valence-corrected chi connectivity index (χ2v) is 15.8. The number of carbonyl (C=O) groups excluding carboxylic acids is 2. The average molecular weight is 710 g/mol. The lowest BCUT2D eigenvalue weighted by Crippen LogP contribution is -2.44. The molecule has 1 saturated carbocycles. The van der Waals surface area contributed by atoms with Crippen molar-refractivity contribution >= 4 is 29.0 Å². The van der Waals surface area contributed by atoms with Gasteiger partial charge in [-0.1, -0.05) is 96.2 Å². The highest BCUT2D eigenvalue weighted by Crippen LogP contribution is 2.32. The van der Waals surface area contributed by atoms with E-state index in [0.29, 0.717) is 30.0 Å². The average Bonchev–Trinajstić information content (AvgIpc) is 3.81. The van der Waals surface area contributed by atoms with E-state index in [4.69, 9.17) is 4.74 Å². The van der Waals surface area contributed by atoms with E-state index in [0.717, 1.165) is 52.3 Å². The van der Waals surface area contributed by atoms with Crippen LogP contribution < -0.4 is 10.1 Å². The molecular weight excluding hydrogens is 659 g/mol. The summed E-state index contributed by atoms with van der Waals surface area (Å²) in [5.41, 5.74) is 3.58. The Balaban J connectivity index is 1.23. The van der Waals surface area contributed by atoms with Gasteiger partial charge in [0.05, 0.1) is 17.4 Å². The van der Waals surface area contributed by atoms with Gasteiger partial charge in [-0.2, -0.15) is 0 Å². The summed E-state index contributed by atoms with van der Waals surface area (Å²) in [5, 5.41) is 12.7. The minimum absolute atomic E-state index is 0.0405. The molecule has 3 atom stereocenters. The van der Waals surface area contributed by atoms with Crippen molar-refractivity contribution in [1.29, 1.82) is 0 Å². The molecule has 1 aliphatic rings. The van der Waals surface area contributed by atoms with Crippen molar-refractivity contribution in [3.05, 3.63) is 88.4 Å². The number of Topliss-reactive ketones (excluding diaryl/α,β-unsaturated/α-hetero) is 1. The third kappa shape index (κ3) is 10.6. The van der Waals surface area contributed by atoms with Crippen molar-refractivity contribution in [2.75, 3.05) is 6.61 Å². The summed E-state index contributed by atoms with van der Waals surface area (Å²) in [4.78, 5) is 49.9. The Morgan fingerprint density at radius 2 is 1.57 bits per heavy atom. The standard InChI is InChI=1S/C42H51N3O5S/c1-5-6-7-8-9-23-50-33-19-17-29(18-20-33)32-26-43-39(44-27-32)30-15-13-28(14-16-30)24-31(40(47)45-35-12-10-11-34(35)41(48)49)25-36(46)37-21-22-38(51-37)42(2,3)4/h13-22,26-27,31,34-35H,5-12,23-25H2,1-4H3,(H,45,47)(H,48,49)/t31-,34-,35+/m1/s1. The molecule has 2 heterocycles. The molecule has 9 heteroatoms. The van der Waals surface area contributed by atoms with E-state index in [9.17, 15) is 19.5 Å². The molecule has 8 nitrogen and oxygen atoms in total. The normalized spacial score (nSPS) is 16.5.